The third-order valence-electron chi connectivity index (χ3n) is 4.76. The maximum atomic E-state index is 12.4. The number of aliphatic hydroxyl groups is 1. The highest BCUT2D eigenvalue weighted by Gasteiger charge is 2.28. The van der Waals surface area contributed by atoms with Gasteiger partial charge in [0.15, 0.2) is 0 Å². The molecule has 3 N–H and O–H groups in total. The Hall–Kier alpha value is -2.28. The summed E-state index contributed by atoms with van der Waals surface area (Å²) >= 11 is 0. The predicted molar refractivity (Wildman–Crippen MR) is 106 cm³/mol. The molecule has 1 aliphatic heterocycles. The van der Waals surface area contributed by atoms with Crippen molar-refractivity contribution in [3.8, 4) is 11.5 Å². The van der Waals surface area contributed by atoms with Gasteiger partial charge in [-0.15, -0.1) is 0 Å². The summed E-state index contributed by atoms with van der Waals surface area (Å²) < 4.78 is 5.87. The molecule has 2 aromatic carbocycles. The number of para-hydroxylation sites is 1. The third-order valence-corrected chi connectivity index (χ3v) is 4.76. The van der Waals surface area contributed by atoms with E-state index in [9.17, 15) is 15.4 Å². The van der Waals surface area contributed by atoms with Crippen LogP contribution in [0.1, 0.15) is 30.9 Å². The zero-order valence-electron chi connectivity index (χ0n) is 15.8. The fourth-order valence-electron chi connectivity index (χ4n) is 3.41. The Morgan fingerprint density at radius 2 is 2.00 bits per heavy atom. The van der Waals surface area contributed by atoms with Crippen molar-refractivity contribution in [2.75, 3.05) is 24.8 Å². The molecule has 0 aromatic heterocycles. The summed E-state index contributed by atoms with van der Waals surface area (Å²) in [6.07, 6.45) is -0.0828. The Morgan fingerprint density at radius 3 is 2.74 bits per heavy atom. The second-order valence-corrected chi connectivity index (χ2v) is 7.31. The van der Waals surface area contributed by atoms with Gasteiger partial charge in [0, 0.05) is 36.3 Å². The van der Waals surface area contributed by atoms with Crippen LogP contribution in [0, 0.1) is 5.21 Å². The molecule has 0 aliphatic carbocycles. The Balaban J connectivity index is 1.75. The summed E-state index contributed by atoms with van der Waals surface area (Å²) in [7, 11) is 0. The molecular formula is C21H27N2O4-. The predicted octanol–water partition coefficient (Wildman–Crippen LogP) is 2.77. The fourth-order valence-corrected chi connectivity index (χ4v) is 3.41. The first kappa shape index (κ1) is 19.5. The van der Waals surface area contributed by atoms with E-state index in [1.54, 1.807) is 24.3 Å². The van der Waals surface area contributed by atoms with E-state index in [4.69, 9.17) is 4.74 Å². The molecule has 0 saturated heterocycles. The molecule has 2 atom stereocenters. The maximum Gasteiger partial charge on any atom is 0.125 e. The van der Waals surface area contributed by atoms with Gasteiger partial charge in [0.1, 0.15) is 24.2 Å². The largest absolute Gasteiger partial charge is 0.758 e. The lowest BCUT2D eigenvalue weighted by Gasteiger charge is -2.25. The summed E-state index contributed by atoms with van der Waals surface area (Å²) in [5.41, 5.74) is 2.25. The van der Waals surface area contributed by atoms with Crippen LogP contribution in [-0.2, 0) is 6.42 Å². The minimum atomic E-state index is -0.635. The number of fused-ring (bicyclic) bond motifs is 1. The molecule has 6 heteroatoms. The molecule has 146 valence electrons. The van der Waals surface area contributed by atoms with Crippen molar-refractivity contribution < 1.29 is 14.9 Å². The second-order valence-electron chi connectivity index (χ2n) is 7.31. The van der Waals surface area contributed by atoms with Gasteiger partial charge in [0.05, 0.1) is 0 Å². The zero-order valence-corrected chi connectivity index (χ0v) is 15.8. The molecule has 0 saturated carbocycles. The molecule has 2 unspecified atom stereocenters. The quantitative estimate of drug-likeness (QED) is 0.661. The number of nitrogens with one attached hydrogen (secondary N) is 1. The number of phenolic OH excluding ortho intramolecular Hbond substituents is 1. The first-order valence-electron chi connectivity index (χ1n) is 9.34. The highest BCUT2D eigenvalue weighted by Crippen LogP contribution is 2.43. The molecule has 2 aromatic rings. The van der Waals surface area contributed by atoms with Gasteiger partial charge in [-0.05, 0) is 30.2 Å². The maximum absolute atomic E-state index is 12.4. The average Bonchev–Trinajstić information content (AvgIpc) is 2.96. The topological polar surface area (TPSA) is 88.0 Å². The van der Waals surface area contributed by atoms with Gasteiger partial charge in [0.25, 0.3) is 0 Å². The van der Waals surface area contributed by atoms with Crippen LogP contribution in [0.5, 0.6) is 11.5 Å². The SMILES string of the molecule is CC(C)NCC(O)COc1cccc2c1C(Cc1ccccc1O)CN2[O-]. The number of phenols is 1. The third kappa shape index (κ3) is 4.71. The normalized spacial score (nSPS) is 17.2. The summed E-state index contributed by atoms with van der Waals surface area (Å²) in [5, 5.41) is 36.7. The molecule has 0 fully saturated rings. The summed E-state index contributed by atoms with van der Waals surface area (Å²) in [6, 6.07) is 12.9. The van der Waals surface area contributed by atoms with Gasteiger partial charge in [-0.3, -0.25) is 0 Å². The van der Waals surface area contributed by atoms with Crippen LogP contribution in [0.15, 0.2) is 42.5 Å². The zero-order chi connectivity index (χ0) is 19.4. The van der Waals surface area contributed by atoms with Crippen molar-refractivity contribution in [1.82, 2.24) is 5.32 Å². The van der Waals surface area contributed by atoms with Crippen molar-refractivity contribution in [2.45, 2.75) is 38.3 Å². The number of anilines is 1. The van der Waals surface area contributed by atoms with Crippen molar-refractivity contribution in [2.24, 2.45) is 0 Å². The number of hydrogen-bond donors (Lipinski definition) is 3. The molecule has 27 heavy (non-hydrogen) atoms. The molecule has 0 spiro atoms. The van der Waals surface area contributed by atoms with E-state index in [1.807, 2.05) is 32.0 Å². The van der Waals surface area contributed by atoms with Crippen LogP contribution in [0.3, 0.4) is 0 Å². The number of aromatic hydroxyl groups is 1. The lowest BCUT2D eigenvalue weighted by molar-refractivity contribution is 0.104. The van der Waals surface area contributed by atoms with Crippen LogP contribution in [0.4, 0.5) is 5.69 Å². The number of hydroxylamine groups is 1. The van der Waals surface area contributed by atoms with Crippen LogP contribution in [0.25, 0.3) is 0 Å². The van der Waals surface area contributed by atoms with E-state index in [0.29, 0.717) is 30.9 Å². The number of nitrogens with zero attached hydrogens (tertiary/aromatic N) is 1. The number of ether oxygens (including phenoxy) is 1. The van der Waals surface area contributed by atoms with Crippen LogP contribution in [-0.4, -0.2) is 42.1 Å². The van der Waals surface area contributed by atoms with Crippen molar-refractivity contribution >= 4 is 5.69 Å². The summed E-state index contributed by atoms with van der Waals surface area (Å²) in [5.74, 6) is 0.778. The molecule has 1 heterocycles. The van der Waals surface area contributed by atoms with Gasteiger partial charge >= 0.3 is 0 Å². The van der Waals surface area contributed by atoms with Crippen molar-refractivity contribution in [1.29, 1.82) is 0 Å². The lowest BCUT2D eigenvalue weighted by atomic mass is 9.92. The van der Waals surface area contributed by atoms with E-state index in [2.05, 4.69) is 5.32 Å². The number of benzene rings is 2. The highest BCUT2D eigenvalue weighted by atomic mass is 16.5. The van der Waals surface area contributed by atoms with Gasteiger partial charge in [-0.25, -0.2) is 0 Å². The Bertz CT molecular complexity index is 766. The monoisotopic (exact) mass is 371 g/mol. The first-order chi connectivity index (χ1) is 13.0. The lowest BCUT2D eigenvalue weighted by Crippen LogP contribution is -2.35. The van der Waals surface area contributed by atoms with E-state index in [1.165, 1.54) is 0 Å². The van der Waals surface area contributed by atoms with E-state index >= 15 is 0 Å². The second kappa shape index (κ2) is 8.61. The molecular weight excluding hydrogens is 344 g/mol. The van der Waals surface area contributed by atoms with Crippen LogP contribution >= 0.6 is 0 Å². The van der Waals surface area contributed by atoms with Crippen LogP contribution in [0.2, 0.25) is 0 Å². The van der Waals surface area contributed by atoms with Gasteiger partial charge in [-0.2, -0.15) is 0 Å². The standard InChI is InChI=1S/C21H27N2O4/c1-14(2)22-11-17(24)13-27-20-9-5-7-18-21(20)16(12-23(18)26)10-15-6-3-4-8-19(15)25/h3-9,14,16-17,22,24-25H,10-13H2,1-2H3/q-1. The molecule has 0 bridgehead atoms. The molecule has 0 amide bonds. The number of hydrogen-bond acceptors (Lipinski definition) is 6. The number of aliphatic hydroxyl groups excluding tert-OH is 1. The highest BCUT2D eigenvalue weighted by molar-refractivity contribution is 5.66. The van der Waals surface area contributed by atoms with Gasteiger partial charge in [-0.1, -0.05) is 38.1 Å². The minimum Gasteiger partial charge on any atom is -0.758 e. The van der Waals surface area contributed by atoms with Crippen molar-refractivity contribution in [3.63, 3.8) is 0 Å². The number of rotatable bonds is 8. The van der Waals surface area contributed by atoms with Crippen LogP contribution < -0.4 is 15.1 Å². The molecule has 1 aliphatic rings. The van der Waals surface area contributed by atoms with Crippen molar-refractivity contribution in [3.05, 3.63) is 58.8 Å². The summed E-state index contributed by atoms with van der Waals surface area (Å²) in [6.45, 7) is 4.95. The summed E-state index contributed by atoms with van der Waals surface area (Å²) in [4.78, 5) is 0. The van der Waals surface area contributed by atoms with E-state index in [-0.39, 0.29) is 24.3 Å². The van der Waals surface area contributed by atoms with E-state index in [0.717, 1.165) is 16.2 Å². The Morgan fingerprint density at radius 1 is 1.22 bits per heavy atom. The average molecular weight is 371 g/mol. The minimum absolute atomic E-state index is 0.0760. The smallest absolute Gasteiger partial charge is 0.125 e. The fraction of sp³-hybridized carbons (Fsp3) is 0.429. The first-order valence-corrected chi connectivity index (χ1v) is 9.34. The Labute approximate surface area is 160 Å². The molecule has 3 rings (SSSR count). The van der Waals surface area contributed by atoms with Gasteiger partial charge < -0.3 is 30.5 Å². The molecule has 6 nitrogen and oxygen atoms in total. The Kier molecular flexibility index (Phi) is 6.21. The van der Waals surface area contributed by atoms with E-state index < -0.39 is 6.10 Å². The van der Waals surface area contributed by atoms with Gasteiger partial charge in [0.2, 0.25) is 0 Å². The molecule has 0 radical (unpaired) electrons.